The van der Waals surface area contributed by atoms with Crippen molar-refractivity contribution in [2.24, 2.45) is 0 Å². The quantitative estimate of drug-likeness (QED) is 0.755. The van der Waals surface area contributed by atoms with E-state index in [1.54, 1.807) is 19.0 Å². The van der Waals surface area contributed by atoms with Crippen LogP contribution in [0.1, 0.15) is 19.3 Å². The molecular weight excluding hydrogens is 234 g/mol. The molecule has 0 aliphatic heterocycles. The van der Waals surface area contributed by atoms with Crippen LogP contribution in [-0.2, 0) is 9.59 Å². The van der Waals surface area contributed by atoms with Gasteiger partial charge in [0.1, 0.15) is 0 Å². The van der Waals surface area contributed by atoms with Gasteiger partial charge in [0, 0.05) is 31.8 Å². The topological polar surface area (TPSA) is 37.4 Å². The van der Waals surface area contributed by atoms with Crippen molar-refractivity contribution in [3.05, 3.63) is 30.3 Å². The maximum absolute atomic E-state index is 11.6. The van der Waals surface area contributed by atoms with Gasteiger partial charge >= 0.3 is 0 Å². The first-order valence-electron chi connectivity index (χ1n) is 5.55. The van der Waals surface area contributed by atoms with E-state index in [-0.39, 0.29) is 11.0 Å². The van der Waals surface area contributed by atoms with Crippen molar-refractivity contribution in [1.82, 2.24) is 4.90 Å². The van der Waals surface area contributed by atoms with E-state index in [0.29, 0.717) is 19.3 Å². The van der Waals surface area contributed by atoms with Crippen molar-refractivity contribution in [3.63, 3.8) is 0 Å². The van der Waals surface area contributed by atoms with E-state index in [1.807, 2.05) is 30.3 Å². The summed E-state index contributed by atoms with van der Waals surface area (Å²) in [6.07, 6.45) is 1.50. The van der Waals surface area contributed by atoms with Crippen molar-refractivity contribution < 1.29 is 9.59 Å². The largest absolute Gasteiger partial charge is 0.349 e. The molecule has 1 aromatic carbocycles. The second-order valence-corrected chi connectivity index (χ2v) is 5.06. The van der Waals surface area contributed by atoms with Crippen molar-refractivity contribution in [1.29, 1.82) is 0 Å². The van der Waals surface area contributed by atoms with E-state index < -0.39 is 0 Å². The molecule has 92 valence electrons. The summed E-state index contributed by atoms with van der Waals surface area (Å²) in [6.45, 7) is 0. The van der Waals surface area contributed by atoms with Gasteiger partial charge in [-0.3, -0.25) is 9.59 Å². The van der Waals surface area contributed by atoms with Crippen molar-refractivity contribution in [2.45, 2.75) is 24.2 Å². The standard InChI is InChI=1S/C13H17NO2S/c1-14(2)12(15)9-6-10-13(16)17-11-7-4-3-5-8-11/h3-5,7-8H,6,9-10H2,1-2H3. The molecule has 0 atom stereocenters. The lowest BCUT2D eigenvalue weighted by Crippen LogP contribution is -2.21. The van der Waals surface area contributed by atoms with Crippen LogP contribution in [0, 0.1) is 0 Å². The van der Waals surface area contributed by atoms with Crippen molar-refractivity contribution in [2.75, 3.05) is 14.1 Å². The van der Waals surface area contributed by atoms with Crippen LogP contribution in [0.15, 0.2) is 35.2 Å². The fraction of sp³-hybridized carbons (Fsp3) is 0.385. The molecule has 0 fully saturated rings. The van der Waals surface area contributed by atoms with Gasteiger partial charge < -0.3 is 4.90 Å². The van der Waals surface area contributed by atoms with Gasteiger partial charge in [-0.15, -0.1) is 0 Å². The van der Waals surface area contributed by atoms with Crippen LogP contribution in [-0.4, -0.2) is 30.0 Å². The van der Waals surface area contributed by atoms with E-state index in [0.717, 1.165) is 4.90 Å². The first-order valence-corrected chi connectivity index (χ1v) is 6.37. The van der Waals surface area contributed by atoms with Crippen LogP contribution in [0.25, 0.3) is 0 Å². The molecule has 1 amide bonds. The first kappa shape index (κ1) is 13.8. The molecule has 0 saturated heterocycles. The zero-order valence-electron chi connectivity index (χ0n) is 10.2. The van der Waals surface area contributed by atoms with E-state index >= 15 is 0 Å². The van der Waals surface area contributed by atoms with Gasteiger partial charge in [-0.25, -0.2) is 0 Å². The van der Waals surface area contributed by atoms with Gasteiger partial charge in [-0.2, -0.15) is 0 Å². The summed E-state index contributed by atoms with van der Waals surface area (Å²) in [6, 6.07) is 9.56. The van der Waals surface area contributed by atoms with Gasteiger partial charge in [-0.05, 0) is 18.6 Å². The maximum atomic E-state index is 11.6. The summed E-state index contributed by atoms with van der Waals surface area (Å²) in [4.78, 5) is 25.4. The van der Waals surface area contributed by atoms with E-state index in [1.165, 1.54) is 11.8 Å². The predicted octanol–water partition coefficient (Wildman–Crippen LogP) is 2.56. The third-order valence-electron chi connectivity index (χ3n) is 2.25. The second kappa shape index (κ2) is 7.12. The van der Waals surface area contributed by atoms with Crippen LogP contribution < -0.4 is 0 Å². The lowest BCUT2D eigenvalue weighted by atomic mass is 10.2. The molecule has 0 unspecified atom stereocenters. The molecule has 17 heavy (non-hydrogen) atoms. The summed E-state index contributed by atoms with van der Waals surface area (Å²) in [5.41, 5.74) is 0. The summed E-state index contributed by atoms with van der Waals surface area (Å²) in [5, 5.41) is 0.114. The Morgan fingerprint density at radius 2 is 1.76 bits per heavy atom. The minimum atomic E-state index is 0.0718. The van der Waals surface area contributed by atoms with Crippen LogP contribution in [0.5, 0.6) is 0 Å². The molecule has 0 spiro atoms. The smallest absolute Gasteiger partial charge is 0.222 e. The fourth-order valence-electron chi connectivity index (χ4n) is 1.28. The number of benzene rings is 1. The van der Waals surface area contributed by atoms with Crippen LogP contribution >= 0.6 is 11.8 Å². The lowest BCUT2D eigenvalue weighted by Gasteiger charge is -2.09. The summed E-state index contributed by atoms with van der Waals surface area (Å²) < 4.78 is 0. The molecule has 1 rings (SSSR count). The number of carbonyl (C=O) groups is 2. The average molecular weight is 251 g/mol. The zero-order valence-corrected chi connectivity index (χ0v) is 11.0. The predicted molar refractivity (Wildman–Crippen MR) is 69.9 cm³/mol. The lowest BCUT2D eigenvalue weighted by molar-refractivity contribution is -0.128. The Bertz CT molecular complexity index is 376. The first-order chi connectivity index (χ1) is 8.09. The Labute approximate surface area is 106 Å². The van der Waals surface area contributed by atoms with Gasteiger partial charge in [0.25, 0.3) is 0 Å². The van der Waals surface area contributed by atoms with Crippen LogP contribution in [0.2, 0.25) is 0 Å². The molecule has 0 bridgehead atoms. The summed E-state index contributed by atoms with van der Waals surface area (Å²) in [7, 11) is 3.45. The van der Waals surface area contributed by atoms with Gasteiger partial charge in [0.05, 0.1) is 0 Å². The highest BCUT2D eigenvalue weighted by molar-refractivity contribution is 8.13. The van der Waals surface area contributed by atoms with E-state index in [2.05, 4.69) is 0 Å². The Balaban J connectivity index is 2.25. The number of hydrogen-bond acceptors (Lipinski definition) is 3. The SMILES string of the molecule is CN(C)C(=O)CCCC(=O)Sc1ccccc1. The monoisotopic (exact) mass is 251 g/mol. The minimum absolute atomic E-state index is 0.0718. The van der Waals surface area contributed by atoms with Gasteiger partial charge in [0.2, 0.25) is 5.91 Å². The zero-order chi connectivity index (χ0) is 12.7. The molecule has 1 aromatic rings. The van der Waals surface area contributed by atoms with Crippen LogP contribution in [0.3, 0.4) is 0 Å². The van der Waals surface area contributed by atoms with Crippen molar-refractivity contribution >= 4 is 22.8 Å². The Kier molecular flexibility index (Phi) is 5.77. The number of rotatable bonds is 5. The van der Waals surface area contributed by atoms with Gasteiger partial charge in [-0.1, -0.05) is 30.0 Å². The fourth-order valence-corrected chi connectivity index (χ4v) is 2.08. The van der Waals surface area contributed by atoms with Crippen LogP contribution in [0.4, 0.5) is 0 Å². The molecular formula is C13H17NO2S. The highest BCUT2D eigenvalue weighted by Gasteiger charge is 2.07. The van der Waals surface area contributed by atoms with E-state index in [4.69, 9.17) is 0 Å². The molecule has 0 radical (unpaired) electrons. The minimum Gasteiger partial charge on any atom is -0.349 e. The average Bonchev–Trinajstić information content (AvgIpc) is 2.30. The number of thioether (sulfide) groups is 1. The number of amides is 1. The molecule has 0 saturated carbocycles. The molecule has 0 aliphatic carbocycles. The summed E-state index contributed by atoms with van der Waals surface area (Å²) in [5.74, 6) is 0.0718. The number of hydrogen-bond donors (Lipinski definition) is 0. The third kappa shape index (κ3) is 5.54. The Hall–Kier alpha value is -1.29. The Morgan fingerprint density at radius 1 is 1.12 bits per heavy atom. The molecule has 0 aromatic heterocycles. The number of carbonyl (C=O) groups excluding carboxylic acids is 2. The molecule has 3 nitrogen and oxygen atoms in total. The van der Waals surface area contributed by atoms with Gasteiger partial charge in [0.15, 0.2) is 5.12 Å². The highest BCUT2D eigenvalue weighted by atomic mass is 32.2. The second-order valence-electron chi connectivity index (χ2n) is 3.93. The Morgan fingerprint density at radius 3 is 2.35 bits per heavy atom. The molecule has 0 heterocycles. The normalized spacial score (nSPS) is 10.0. The molecule has 0 aliphatic rings. The summed E-state index contributed by atoms with van der Waals surface area (Å²) >= 11 is 1.24. The molecule has 4 heteroatoms. The molecule has 0 N–H and O–H groups in total. The third-order valence-corrected chi connectivity index (χ3v) is 3.18. The number of nitrogens with zero attached hydrogens (tertiary/aromatic N) is 1. The van der Waals surface area contributed by atoms with Crippen molar-refractivity contribution in [3.8, 4) is 0 Å². The highest BCUT2D eigenvalue weighted by Crippen LogP contribution is 2.20. The maximum Gasteiger partial charge on any atom is 0.222 e. The van der Waals surface area contributed by atoms with E-state index in [9.17, 15) is 9.59 Å².